The smallest absolute Gasteiger partial charge is 0.249 e. The number of piperidine rings is 1. The second-order valence-electron chi connectivity index (χ2n) is 6.30. The van der Waals surface area contributed by atoms with Crippen molar-refractivity contribution in [1.29, 1.82) is 0 Å². The number of amides is 2. The number of rotatable bonds is 4. The van der Waals surface area contributed by atoms with Gasteiger partial charge in [-0.15, -0.1) is 0 Å². The van der Waals surface area contributed by atoms with E-state index < -0.39 is 5.54 Å². The zero-order valence-electron chi connectivity index (χ0n) is 14.2. The lowest BCUT2D eigenvalue weighted by atomic mass is 9.78. The molecule has 1 spiro atoms. The van der Waals surface area contributed by atoms with Crippen molar-refractivity contribution in [3.8, 4) is 0 Å². The molecule has 0 unspecified atom stereocenters. The van der Waals surface area contributed by atoms with Crippen LogP contribution in [0.15, 0.2) is 6.33 Å². The molecular formula is C16H24N4O3S. The number of hydrogen-bond acceptors (Lipinski definition) is 5. The normalized spacial score (nSPS) is 19.4. The molecule has 1 fully saturated rings. The van der Waals surface area contributed by atoms with E-state index in [4.69, 9.17) is 4.74 Å². The number of hydrogen-bond donors (Lipinski definition) is 1. The summed E-state index contributed by atoms with van der Waals surface area (Å²) >= 11 is 1.54. The number of nitrogens with one attached hydrogen (secondary N) is 1. The van der Waals surface area contributed by atoms with Crippen molar-refractivity contribution in [3.05, 3.63) is 17.7 Å². The Bertz CT molecular complexity index is 610. The van der Waals surface area contributed by atoms with Gasteiger partial charge in [0.15, 0.2) is 0 Å². The van der Waals surface area contributed by atoms with Crippen molar-refractivity contribution in [2.75, 3.05) is 45.4 Å². The van der Waals surface area contributed by atoms with E-state index in [0.717, 1.165) is 30.7 Å². The first kappa shape index (κ1) is 17.3. The lowest BCUT2D eigenvalue weighted by Gasteiger charge is -2.50. The zero-order valence-corrected chi connectivity index (χ0v) is 15.0. The molecule has 0 bridgehead atoms. The van der Waals surface area contributed by atoms with E-state index in [1.807, 2.05) is 16.1 Å². The molecule has 132 valence electrons. The maximum absolute atomic E-state index is 12.6. The molecule has 2 aliphatic rings. The quantitative estimate of drug-likeness (QED) is 0.859. The van der Waals surface area contributed by atoms with Crippen LogP contribution >= 0.6 is 11.8 Å². The van der Waals surface area contributed by atoms with Crippen molar-refractivity contribution in [2.24, 2.45) is 0 Å². The van der Waals surface area contributed by atoms with Gasteiger partial charge in [-0.2, -0.15) is 11.8 Å². The standard InChI is InChI=1S/C16H24N4O3S/c1-23-9-13(21)20-6-3-12-15(18-11-17-12)16(20)4-7-19(8-5-16)14(22)10-24-2/h11H,3-10H2,1-2H3,(H,17,18). The number of imidazole rings is 1. The number of aromatic amines is 1. The van der Waals surface area contributed by atoms with Gasteiger partial charge >= 0.3 is 0 Å². The maximum Gasteiger partial charge on any atom is 0.249 e. The minimum atomic E-state index is -0.417. The van der Waals surface area contributed by atoms with Crippen molar-refractivity contribution in [1.82, 2.24) is 19.8 Å². The van der Waals surface area contributed by atoms with Gasteiger partial charge in [-0.25, -0.2) is 4.98 Å². The van der Waals surface area contributed by atoms with Crippen molar-refractivity contribution in [2.45, 2.75) is 24.8 Å². The van der Waals surface area contributed by atoms with Gasteiger partial charge in [0.25, 0.3) is 0 Å². The summed E-state index contributed by atoms with van der Waals surface area (Å²) in [5.41, 5.74) is 1.66. The molecule has 24 heavy (non-hydrogen) atoms. The van der Waals surface area contributed by atoms with Crippen LogP contribution < -0.4 is 0 Å². The van der Waals surface area contributed by atoms with E-state index in [0.29, 0.717) is 25.4 Å². The summed E-state index contributed by atoms with van der Waals surface area (Å²) in [6, 6.07) is 0. The number of aromatic nitrogens is 2. The average Bonchev–Trinajstić information content (AvgIpc) is 3.06. The molecular weight excluding hydrogens is 328 g/mol. The molecule has 3 rings (SSSR count). The van der Waals surface area contributed by atoms with Gasteiger partial charge in [-0.3, -0.25) is 9.59 Å². The highest BCUT2D eigenvalue weighted by Gasteiger charge is 2.48. The fraction of sp³-hybridized carbons (Fsp3) is 0.688. The van der Waals surface area contributed by atoms with Crippen LogP contribution in [0.2, 0.25) is 0 Å². The van der Waals surface area contributed by atoms with Crippen LogP contribution in [0.25, 0.3) is 0 Å². The predicted octanol–water partition coefficient (Wildman–Crippen LogP) is 0.622. The lowest BCUT2D eigenvalue weighted by molar-refractivity contribution is -0.147. The lowest BCUT2D eigenvalue weighted by Crippen LogP contribution is -2.59. The summed E-state index contributed by atoms with van der Waals surface area (Å²) < 4.78 is 5.06. The highest BCUT2D eigenvalue weighted by atomic mass is 32.2. The first-order valence-electron chi connectivity index (χ1n) is 8.21. The molecule has 0 radical (unpaired) electrons. The summed E-state index contributed by atoms with van der Waals surface area (Å²) in [6.07, 6.45) is 5.87. The molecule has 0 saturated carbocycles. The number of methoxy groups -OCH3 is 1. The van der Waals surface area contributed by atoms with E-state index in [2.05, 4.69) is 9.97 Å². The first-order chi connectivity index (χ1) is 11.6. The maximum atomic E-state index is 12.6. The third-order valence-corrected chi connectivity index (χ3v) is 5.58. The summed E-state index contributed by atoms with van der Waals surface area (Å²) in [5, 5.41) is 0. The molecule has 1 aromatic rings. The van der Waals surface area contributed by atoms with Gasteiger partial charge in [0.1, 0.15) is 6.61 Å². The topological polar surface area (TPSA) is 78.5 Å². The van der Waals surface area contributed by atoms with Gasteiger partial charge in [0.05, 0.1) is 23.3 Å². The molecule has 0 aromatic carbocycles. The third kappa shape index (κ3) is 2.93. The summed E-state index contributed by atoms with van der Waals surface area (Å²) in [4.78, 5) is 36.3. The van der Waals surface area contributed by atoms with Crippen molar-refractivity contribution in [3.63, 3.8) is 0 Å². The van der Waals surface area contributed by atoms with Gasteiger partial charge in [-0.1, -0.05) is 0 Å². The zero-order chi connectivity index (χ0) is 17.2. The van der Waals surface area contributed by atoms with E-state index in [9.17, 15) is 9.59 Å². The van der Waals surface area contributed by atoms with Crippen LogP contribution in [0.3, 0.4) is 0 Å². The van der Waals surface area contributed by atoms with Gasteiger partial charge < -0.3 is 19.5 Å². The Morgan fingerprint density at radius 2 is 2.08 bits per heavy atom. The minimum absolute atomic E-state index is 0.00459. The SMILES string of the molecule is COCC(=O)N1CCc2[nH]cnc2C12CCN(C(=O)CSC)CC2. The Balaban J connectivity index is 1.85. The van der Waals surface area contributed by atoms with Crippen LogP contribution in [0.4, 0.5) is 0 Å². The number of thioether (sulfide) groups is 1. The van der Waals surface area contributed by atoms with Crippen LogP contribution in [0, 0.1) is 0 Å². The molecule has 7 nitrogen and oxygen atoms in total. The highest BCUT2D eigenvalue weighted by molar-refractivity contribution is 7.99. The fourth-order valence-electron chi connectivity index (χ4n) is 3.89. The molecule has 0 aliphatic carbocycles. The molecule has 2 amide bonds. The number of nitrogens with zero attached hydrogens (tertiary/aromatic N) is 3. The molecule has 2 aliphatic heterocycles. The molecule has 1 saturated heterocycles. The molecule has 1 aromatic heterocycles. The number of H-pyrrole nitrogens is 1. The van der Waals surface area contributed by atoms with E-state index in [-0.39, 0.29) is 18.4 Å². The highest BCUT2D eigenvalue weighted by Crippen LogP contribution is 2.42. The van der Waals surface area contributed by atoms with Gasteiger partial charge in [-0.05, 0) is 19.1 Å². The Hall–Kier alpha value is -1.54. The summed E-state index contributed by atoms with van der Waals surface area (Å²) in [7, 11) is 1.54. The summed E-state index contributed by atoms with van der Waals surface area (Å²) in [6.45, 7) is 2.05. The van der Waals surface area contributed by atoms with Crippen LogP contribution in [-0.2, 0) is 26.3 Å². The van der Waals surface area contributed by atoms with Crippen molar-refractivity contribution >= 4 is 23.6 Å². The number of carbonyl (C=O) groups is 2. The number of likely N-dealkylation sites (tertiary alicyclic amines) is 1. The van der Waals surface area contributed by atoms with E-state index in [1.54, 1.807) is 18.1 Å². The third-order valence-electron chi connectivity index (χ3n) is 5.04. The first-order valence-corrected chi connectivity index (χ1v) is 9.60. The van der Waals surface area contributed by atoms with Crippen LogP contribution in [0.5, 0.6) is 0 Å². The van der Waals surface area contributed by atoms with E-state index >= 15 is 0 Å². The number of ether oxygens (including phenoxy) is 1. The molecule has 1 N–H and O–H groups in total. The molecule has 8 heteroatoms. The monoisotopic (exact) mass is 352 g/mol. The fourth-order valence-corrected chi connectivity index (χ4v) is 4.32. The second-order valence-corrected chi connectivity index (χ2v) is 7.17. The average molecular weight is 352 g/mol. The van der Waals surface area contributed by atoms with Gasteiger partial charge in [0.2, 0.25) is 11.8 Å². The predicted molar refractivity (Wildman–Crippen MR) is 91.8 cm³/mol. The van der Waals surface area contributed by atoms with E-state index in [1.165, 1.54) is 7.11 Å². The number of carbonyl (C=O) groups excluding carboxylic acids is 2. The van der Waals surface area contributed by atoms with Crippen LogP contribution in [0.1, 0.15) is 24.2 Å². The van der Waals surface area contributed by atoms with Gasteiger partial charge in [0, 0.05) is 38.9 Å². The summed E-state index contributed by atoms with van der Waals surface area (Å²) in [5.74, 6) is 0.674. The largest absolute Gasteiger partial charge is 0.375 e. The van der Waals surface area contributed by atoms with Crippen molar-refractivity contribution < 1.29 is 14.3 Å². The number of fused-ring (bicyclic) bond motifs is 2. The Labute approximate surface area is 146 Å². The molecule has 3 heterocycles. The Morgan fingerprint density at radius 3 is 2.75 bits per heavy atom. The van der Waals surface area contributed by atoms with Crippen LogP contribution in [-0.4, -0.2) is 76.9 Å². The molecule has 0 atom stereocenters. The second kappa shape index (κ2) is 7.14. The Kier molecular flexibility index (Phi) is 5.15. The minimum Gasteiger partial charge on any atom is -0.375 e. The Morgan fingerprint density at radius 1 is 1.33 bits per heavy atom.